The van der Waals surface area contributed by atoms with Gasteiger partial charge in [0.15, 0.2) is 5.96 Å². The van der Waals surface area contributed by atoms with E-state index in [1.165, 1.54) is 0 Å². The monoisotopic (exact) mass is 419 g/mol. The van der Waals surface area contributed by atoms with Crippen molar-refractivity contribution in [2.24, 2.45) is 10.9 Å². The largest absolute Gasteiger partial charge is 0.444 e. The van der Waals surface area contributed by atoms with E-state index in [4.69, 9.17) is 4.74 Å². The summed E-state index contributed by atoms with van der Waals surface area (Å²) in [6, 6.07) is 7.65. The Labute approximate surface area is 180 Å². The Balaban J connectivity index is 2.51. The third-order valence-electron chi connectivity index (χ3n) is 3.97. The van der Waals surface area contributed by atoms with Crippen LogP contribution in [-0.4, -0.2) is 42.7 Å². The molecule has 0 radical (unpaired) electrons. The summed E-state index contributed by atoms with van der Waals surface area (Å²) < 4.78 is 5.31. The third-order valence-corrected chi connectivity index (χ3v) is 3.97. The van der Waals surface area contributed by atoms with E-state index in [1.807, 2.05) is 72.7 Å². The summed E-state index contributed by atoms with van der Waals surface area (Å²) in [7, 11) is 1.69. The SMILES string of the molecule is CN=C(NCc1ccc(NC(=O)C(C)C)cc1)NCC(C)(C)NC(=O)OC(C)(C)C. The van der Waals surface area contributed by atoms with Gasteiger partial charge in [-0.2, -0.15) is 0 Å². The van der Waals surface area contributed by atoms with E-state index in [1.54, 1.807) is 7.05 Å². The molecule has 0 saturated carbocycles. The lowest BCUT2D eigenvalue weighted by atomic mass is 10.1. The van der Waals surface area contributed by atoms with Gasteiger partial charge in [-0.3, -0.25) is 9.79 Å². The van der Waals surface area contributed by atoms with Gasteiger partial charge in [0, 0.05) is 31.7 Å². The molecule has 0 unspecified atom stereocenters. The van der Waals surface area contributed by atoms with Crippen LogP contribution in [0.4, 0.5) is 10.5 Å². The van der Waals surface area contributed by atoms with Gasteiger partial charge in [0.2, 0.25) is 5.91 Å². The molecule has 0 saturated heterocycles. The van der Waals surface area contributed by atoms with Crippen LogP contribution in [0.2, 0.25) is 0 Å². The molecule has 0 atom stereocenters. The van der Waals surface area contributed by atoms with Crippen LogP contribution < -0.4 is 21.3 Å². The van der Waals surface area contributed by atoms with E-state index in [0.717, 1.165) is 11.3 Å². The highest BCUT2D eigenvalue weighted by Gasteiger charge is 2.24. The predicted molar refractivity (Wildman–Crippen MR) is 122 cm³/mol. The van der Waals surface area contributed by atoms with Gasteiger partial charge >= 0.3 is 6.09 Å². The number of amides is 2. The van der Waals surface area contributed by atoms with E-state index < -0.39 is 17.2 Å². The number of guanidine groups is 1. The molecule has 0 heterocycles. The van der Waals surface area contributed by atoms with Crippen molar-refractivity contribution >= 4 is 23.6 Å². The topological polar surface area (TPSA) is 104 Å². The molecule has 0 fully saturated rings. The quantitative estimate of drug-likeness (QED) is 0.401. The van der Waals surface area contributed by atoms with Crippen LogP contribution in [0.1, 0.15) is 54.0 Å². The summed E-state index contributed by atoms with van der Waals surface area (Å²) in [5, 5.41) is 12.2. The maximum atomic E-state index is 12.0. The van der Waals surface area contributed by atoms with E-state index in [0.29, 0.717) is 19.0 Å². The first-order chi connectivity index (χ1) is 13.8. The summed E-state index contributed by atoms with van der Waals surface area (Å²) in [6.45, 7) is 14.0. The Morgan fingerprint density at radius 2 is 1.63 bits per heavy atom. The summed E-state index contributed by atoms with van der Waals surface area (Å²) in [4.78, 5) is 28.0. The number of nitrogens with one attached hydrogen (secondary N) is 4. The molecular weight excluding hydrogens is 382 g/mol. The molecule has 1 aromatic rings. The first-order valence-electron chi connectivity index (χ1n) is 10.2. The van der Waals surface area contributed by atoms with E-state index >= 15 is 0 Å². The maximum Gasteiger partial charge on any atom is 0.408 e. The number of rotatable bonds is 7. The molecular formula is C22H37N5O3. The average molecular weight is 420 g/mol. The predicted octanol–water partition coefficient (Wildman–Crippen LogP) is 3.25. The van der Waals surface area contributed by atoms with Crippen LogP contribution in [0.3, 0.4) is 0 Å². The summed E-state index contributed by atoms with van der Waals surface area (Å²) >= 11 is 0. The lowest BCUT2D eigenvalue weighted by molar-refractivity contribution is -0.118. The first kappa shape index (κ1) is 25.3. The number of carbonyl (C=O) groups is 2. The Bertz CT molecular complexity index is 734. The zero-order valence-corrected chi connectivity index (χ0v) is 19.5. The van der Waals surface area contributed by atoms with Crippen LogP contribution in [0.15, 0.2) is 29.3 Å². The molecule has 168 valence electrons. The van der Waals surface area contributed by atoms with Crippen molar-refractivity contribution in [3.05, 3.63) is 29.8 Å². The van der Waals surface area contributed by atoms with Gasteiger partial charge in [-0.05, 0) is 52.3 Å². The minimum absolute atomic E-state index is 0.00640. The smallest absolute Gasteiger partial charge is 0.408 e. The van der Waals surface area contributed by atoms with Crippen molar-refractivity contribution in [1.29, 1.82) is 0 Å². The highest BCUT2D eigenvalue weighted by Crippen LogP contribution is 2.11. The minimum atomic E-state index is -0.543. The number of nitrogens with zero attached hydrogens (tertiary/aromatic N) is 1. The van der Waals surface area contributed by atoms with Gasteiger partial charge in [0.1, 0.15) is 5.60 Å². The zero-order valence-electron chi connectivity index (χ0n) is 19.5. The van der Waals surface area contributed by atoms with Crippen molar-refractivity contribution in [3.63, 3.8) is 0 Å². The molecule has 4 N–H and O–H groups in total. The summed E-state index contributed by atoms with van der Waals surface area (Å²) in [6.07, 6.45) is -0.457. The van der Waals surface area contributed by atoms with Crippen LogP contribution in [0.25, 0.3) is 0 Å². The molecule has 0 aliphatic heterocycles. The van der Waals surface area contributed by atoms with Crippen molar-refractivity contribution in [2.75, 3.05) is 18.9 Å². The number of anilines is 1. The van der Waals surface area contributed by atoms with Gasteiger partial charge < -0.3 is 26.0 Å². The van der Waals surface area contributed by atoms with Crippen molar-refractivity contribution < 1.29 is 14.3 Å². The molecule has 1 aromatic carbocycles. The highest BCUT2D eigenvalue weighted by molar-refractivity contribution is 5.92. The van der Waals surface area contributed by atoms with Gasteiger partial charge in [-0.1, -0.05) is 26.0 Å². The zero-order chi connectivity index (χ0) is 22.9. The number of benzene rings is 1. The van der Waals surface area contributed by atoms with Crippen molar-refractivity contribution in [1.82, 2.24) is 16.0 Å². The second-order valence-corrected chi connectivity index (χ2v) is 9.13. The Morgan fingerprint density at radius 1 is 1.03 bits per heavy atom. The molecule has 0 bridgehead atoms. The molecule has 1 rings (SSSR count). The highest BCUT2D eigenvalue weighted by atomic mass is 16.6. The van der Waals surface area contributed by atoms with Crippen LogP contribution >= 0.6 is 0 Å². The first-order valence-corrected chi connectivity index (χ1v) is 10.2. The molecule has 2 amide bonds. The Hall–Kier alpha value is -2.77. The summed E-state index contributed by atoms with van der Waals surface area (Å²) in [5.74, 6) is 0.550. The van der Waals surface area contributed by atoms with Crippen LogP contribution in [0.5, 0.6) is 0 Å². The molecule has 8 heteroatoms. The minimum Gasteiger partial charge on any atom is -0.444 e. The Morgan fingerprint density at radius 3 is 2.13 bits per heavy atom. The van der Waals surface area contributed by atoms with Crippen LogP contribution in [0, 0.1) is 5.92 Å². The average Bonchev–Trinajstić information content (AvgIpc) is 2.60. The van der Waals surface area contributed by atoms with E-state index in [-0.39, 0.29) is 11.8 Å². The molecule has 0 aliphatic carbocycles. The number of ether oxygens (including phenoxy) is 1. The van der Waals surface area contributed by atoms with E-state index in [9.17, 15) is 9.59 Å². The maximum absolute atomic E-state index is 12.0. The van der Waals surface area contributed by atoms with Crippen molar-refractivity contribution in [2.45, 2.75) is 66.2 Å². The Kier molecular flexibility index (Phi) is 9.14. The fourth-order valence-electron chi connectivity index (χ4n) is 2.33. The second-order valence-electron chi connectivity index (χ2n) is 9.13. The van der Waals surface area contributed by atoms with Crippen LogP contribution in [-0.2, 0) is 16.1 Å². The lowest BCUT2D eigenvalue weighted by Gasteiger charge is -2.29. The number of hydrogen-bond acceptors (Lipinski definition) is 4. The normalized spacial score (nSPS) is 12.4. The van der Waals surface area contributed by atoms with Gasteiger partial charge in [0.05, 0.1) is 5.54 Å². The standard InChI is InChI=1S/C22H37N5O3/c1-15(2)18(28)26-17-11-9-16(10-12-17)13-24-19(23-8)25-14-22(6,7)27-20(29)30-21(3,4)5/h9-12,15H,13-14H2,1-8H3,(H,26,28)(H,27,29)(H2,23,24,25). The van der Waals surface area contributed by atoms with Gasteiger partial charge in [0.25, 0.3) is 0 Å². The molecule has 30 heavy (non-hydrogen) atoms. The number of aliphatic imine (C=N–C) groups is 1. The van der Waals surface area contributed by atoms with Crippen molar-refractivity contribution in [3.8, 4) is 0 Å². The molecule has 0 aromatic heterocycles. The number of carbonyl (C=O) groups excluding carboxylic acids is 2. The number of hydrogen-bond donors (Lipinski definition) is 4. The fourth-order valence-corrected chi connectivity index (χ4v) is 2.33. The second kappa shape index (κ2) is 10.8. The fraction of sp³-hybridized carbons (Fsp3) is 0.591. The number of alkyl carbamates (subject to hydrolysis) is 1. The molecule has 0 aliphatic rings. The third kappa shape index (κ3) is 10.1. The van der Waals surface area contributed by atoms with E-state index in [2.05, 4.69) is 26.3 Å². The molecule has 0 spiro atoms. The van der Waals surface area contributed by atoms with Gasteiger partial charge in [-0.15, -0.1) is 0 Å². The molecule has 8 nitrogen and oxygen atoms in total. The summed E-state index contributed by atoms with van der Waals surface area (Å²) in [5.41, 5.74) is 0.746. The lowest BCUT2D eigenvalue weighted by Crippen LogP contribution is -2.54. The van der Waals surface area contributed by atoms with Gasteiger partial charge in [-0.25, -0.2) is 4.79 Å².